The Morgan fingerprint density at radius 1 is 1.25 bits per heavy atom. The standard InChI is InChI=1S/C14H11F3N2O2S3/c15-14(16,17)13(21)9(11(20)8-4-2-6-24-8)10(18-12(22)19-13)7-3-1-5-23-7/h1-6,9-10,21H,(H2,18,19,22)/t9-,10-,13+/m0/s1. The number of Topliss-reactive ketones (excluding diaryl/α,β-unsaturated/α-hetero) is 1. The van der Waals surface area contributed by atoms with Crippen LogP contribution in [0.2, 0.25) is 0 Å². The summed E-state index contributed by atoms with van der Waals surface area (Å²) in [6.07, 6.45) is -5.09. The van der Waals surface area contributed by atoms with E-state index in [0.29, 0.717) is 4.88 Å². The highest BCUT2D eigenvalue weighted by Gasteiger charge is 2.66. The van der Waals surface area contributed by atoms with E-state index in [2.05, 4.69) is 5.32 Å². The van der Waals surface area contributed by atoms with Crippen molar-refractivity contribution >= 4 is 45.8 Å². The molecule has 0 bridgehead atoms. The molecule has 1 aliphatic heterocycles. The number of carbonyl (C=O) groups excluding carboxylic acids is 1. The molecule has 0 saturated carbocycles. The van der Waals surface area contributed by atoms with Crippen LogP contribution in [0, 0.1) is 5.92 Å². The molecule has 2 aromatic rings. The van der Waals surface area contributed by atoms with Crippen LogP contribution in [0.4, 0.5) is 13.2 Å². The van der Waals surface area contributed by atoms with Gasteiger partial charge in [0.2, 0.25) is 5.72 Å². The van der Waals surface area contributed by atoms with E-state index in [1.165, 1.54) is 17.4 Å². The smallest absolute Gasteiger partial charge is 0.363 e. The molecule has 0 aromatic carbocycles. The van der Waals surface area contributed by atoms with E-state index in [0.717, 1.165) is 11.3 Å². The van der Waals surface area contributed by atoms with Gasteiger partial charge in [0.25, 0.3) is 0 Å². The third-order valence-corrected chi connectivity index (χ3v) is 5.76. The molecule has 0 amide bonds. The number of aliphatic hydroxyl groups is 1. The summed E-state index contributed by atoms with van der Waals surface area (Å²) in [4.78, 5) is 13.4. The Balaban J connectivity index is 2.13. The number of hydrogen-bond donors (Lipinski definition) is 3. The number of nitrogens with one attached hydrogen (secondary N) is 2. The number of ketones is 1. The van der Waals surface area contributed by atoms with Gasteiger partial charge in [0.15, 0.2) is 10.9 Å². The Morgan fingerprint density at radius 2 is 1.92 bits per heavy atom. The van der Waals surface area contributed by atoms with Crippen LogP contribution in [0.15, 0.2) is 35.0 Å². The van der Waals surface area contributed by atoms with Gasteiger partial charge in [0.05, 0.1) is 10.9 Å². The lowest BCUT2D eigenvalue weighted by atomic mass is 9.81. The largest absolute Gasteiger partial charge is 0.437 e. The Bertz CT molecular complexity index is 746. The van der Waals surface area contributed by atoms with E-state index in [4.69, 9.17) is 12.2 Å². The van der Waals surface area contributed by atoms with Crippen molar-refractivity contribution in [2.75, 3.05) is 0 Å². The highest BCUT2D eigenvalue weighted by atomic mass is 32.1. The fourth-order valence-electron chi connectivity index (χ4n) is 2.62. The maximum atomic E-state index is 13.6. The van der Waals surface area contributed by atoms with Gasteiger partial charge >= 0.3 is 6.18 Å². The molecule has 0 radical (unpaired) electrons. The summed E-state index contributed by atoms with van der Waals surface area (Å²) in [6.45, 7) is 0. The van der Waals surface area contributed by atoms with Crippen LogP contribution < -0.4 is 10.6 Å². The molecule has 3 rings (SSSR count). The van der Waals surface area contributed by atoms with Crippen LogP contribution in [0.3, 0.4) is 0 Å². The Hall–Kier alpha value is -1.49. The molecule has 3 heterocycles. The topological polar surface area (TPSA) is 61.4 Å². The average Bonchev–Trinajstić information content (AvgIpc) is 3.18. The van der Waals surface area contributed by atoms with Gasteiger partial charge < -0.3 is 15.7 Å². The average molecular weight is 392 g/mol. The SMILES string of the molecule is O=C(c1cccs1)[C@@H]1[C@H](c2cccs2)NC(=S)N[C@]1(O)C(F)(F)F. The molecular formula is C14H11F3N2O2S3. The van der Waals surface area contributed by atoms with E-state index in [1.54, 1.807) is 29.0 Å². The highest BCUT2D eigenvalue weighted by molar-refractivity contribution is 7.80. The zero-order valence-electron chi connectivity index (χ0n) is 11.8. The van der Waals surface area contributed by atoms with E-state index < -0.39 is 29.6 Å². The highest BCUT2D eigenvalue weighted by Crippen LogP contribution is 2.45. The van der Waals surface area contributed by atoms with Crippen LogP contribution in [0.5, 0.6) is 0 Å². The monoisotopic (exact) mass is 392 g/mol. The van der Waals surface area contributed by atoms with Gasteiger partial charge in [-0.1, -0.05) is 12.1 Å². The number of hydrogen-bond acceptors (Lipinski definition) is 5. The van der Waals surface area contributed by atoms with Crippen molar-refractivity contribution in [3.8, 4) is 0 Å². The summed E-state index contributed by atoms with van der Waals surface area (Å²) in [5.74, 6) is -2.62. The summed E-state index contributed by atoms with van der Waals surface area (Å²) < 4.78 is 40.9. The maximum absolute atomic E-state index is 13.6. The van der Waals surface area contributed by atoms with E-state index >= 15 is 0 Å². The lowest BCUT2D eigenvalue weighted by Crippen LogP contribution is -2.72. The van der Waals surface area contributed by atoms with Crippen molar-refractivity contribution in [2.24, 2.45) is 5.92 Å². The van der Waals surface area contributed by atoms with Gasteiger partial charge in [-0.15, -0.1) is 22.7 Å². The van der Waals surface area contributed by atoms with Gasteiger partial charge in [0, 0.05) is 4.88 Å². The molecule has 4 nitrogen and oxygen atoms in total. The predicted octanol–water partition coefficient (Wildman–Crippen LogP) is 3.08. The third-order valence-electron chi connectivity index (χ3n) is 3.70. The molecule has 1 aliphatic rings. The molecule has 3 N–H and O–H groups in total. The minimum atomic E-state index is -5.09. The zero-order valence-corrected chi connectivity index (χ0v) is 14.3. The molecule has 10 heteroatoms. The van der Waals surface area contributed by atoms with E-state index in [1.807, 2.05) is 5.32 Å². The van der Waals surface area contributed by atoms with Crippen LogP contribution in [0.1, 0.15) is 20.6 Å². The fraction of sp³-hybridized carbons (Fsp3) is 0.286. The summed E-state index contributed by atoms with van der Waals surface area (Å²) in [7, 11) is 0. The number of thiophene rings is 2. The van der Waals surface area contributed by atoms with Crippen molar-refractivity contribution < 1.29 is 23.1 Å². The molecule has 0 aliphatic carbocycles. The molecule has 128 valence electrons. The second kappa shape index (κ2) is 6.10. The number of alkyl halides is 3. The van der Waals surface area contributed by atoms with E-state index in [9.17, 15) is 23.1 Å². The number of carbonyl (C=O) groups is 1. The molecule has 0 spiro atoms. The maximum Gasteiger partial charge on any atom is 0.437 e. The minimum Gasteiger partial charge on any atom is -0.363 e. The van der Waals surface area contributed by atoms with Gasteiger partial charge in [-0.3, -0.25) is 4.79 Å². The molecular weight excluding hydrogens is 381 g/mol. The number of thiocarbonyl (C=S) groups is 1. The first-order valence-electron chi connectivity index (χ1n) is 6.73. The van der Waals surface area contributed by atoms with Crippen LogP contribution in [0.25, 0.3) is 0 Å². The van der Waals surface area contributed by atoms with Crippen LogP contribution >= 0.6 is 34.9 Å². The van der Waals surface area contributed by atoms with Crippen molar-refractivity contribution in [1.29, 1.82) is 0 Å². The zero-order chi connectivity index (χ0) is 17.5. The van der Waals surface area contributed by atoms with Crippen LogP contribution in [-0.2, 0) is 0 Å². The lowest BCUT2D eigenvalue weighted by Gasteiger charge is -2.45. The molecule has 1 fully saturated rings. The lowest BCUT2D eigenvalue weighted by molar-refractivity contribution is -0.285. The first-order valence-corrected chi connectivity index (χ1v) is 8.89. The minimum absolute atomic E-state index is 0.139. The molecule has 2 aromatic heterocycles. The normalized spacial score (nSPS) is 27.4. The predicted molar refractivity (Wildman–Crippen MR) is 89.1 cm³/mol. The Kier molecular flexibility index (Phi) is 4.41. The Morgan fingerprint density at radius 3 is 2.46 bits per heavy atom. The summed E-state index contributed by atoms with van der Waals surface area (Å²) in [6, 6.07) is 5.18. The number of rotatable bonds is 3. The van der Waals surface area contributed by atoms with E-state index in [-0.39, 0.29) is 9.99 Å². The second-order valence-electron chi connectivity index (χ2n) is 5.17. The van der Waals surface area contributed by atoms with Gasteiger partial charge in [-0.05, 0) is 35.1 Å². The molecule has 24 heavy (non-hydrogen) atoms. The molecule has 1 saturated heterocycles. The quantitative estimate of drug-likeness (QED) is 0.554. The summed E-state index contributed by atoms with van der Waals surface area (Å²) >= 11 is 7.03. The van der Waals surface area contributed by atoms with Crippen molar-refractivity contribution in [3.63, 3.8) is 0 Å². The fourth-order valence-corrected chi connectivity index (χ4v) is 4.42. The van der Waals surface area contributed by atoms with Crippen LogP contribution in [-0.4, -0.2) is 27.9 Å². The first kappa shape index (κ1) is 17.3. The van der Waals surface area contributed by atoms with Crippen molar-refractivity contribution in [1.82, 2.24) is 10.6 Å². The Labute approximate surface area is 148 Å². The van der Waals surface area contributed by atoms with Crippen molar-refractivity contribution in [2.45, 2.75) is 17.9 Å². The number of halogens is 3. The van der Waals surface area contributed by atoms with Gasteiger partial charge in [-0.25, -0.2) is 0 Å². The molecule has 0 unspecified atom stereocenters. The summed E-state index contributed by atoms with van der Waals surface area (Å²) in [5, 5.41) is 17.9. The summed E-state index contributed by atoms with van der Waals surface area (Å²) in [5.41, 5.74) is -3.45. The van der Waals surface area contributed by atoms with Gasteiger partial charge in [-0.2, -0.15) is 13.2 Å². The van der Waals surface area contributed by atoms with Gasteiger partial charge in [0.1, 0.15) is 5.92 Å². The first-order chi connectivity index (χ1) is 11.2. The van der Waals surface area contributed by atoms with Crippen molar-refractivity contribution in [3.05, 3.63) is 44.8 Å². The third kappa shape index (κ3) is 2.83. The molecule has 3 atom stereocenters. The second-order valence-corrected chi connectivity index (χ2v) is 7.51.